The minimum atomic E-state index is -0.413. The highest BCUT2D eigenvalue weighted by molar-refractivity contribution is 6.32. The third kappa shape index (κ3) is 4.15. The Kier molecular flexibility index (Phi) is 5.75. The Labute approximate surface area is 156 Å². The normalized spacial score (nSPS) is 15.5. The second kappa shape index (κ2) is 8.21. The molecule has 1 aliphatic heterocycles. The van der Waals surface area contributed by atoms with Crippen molar-refractivity contribution in [2.45, 2.75) is 12.3 Å². The van der Waals surface area contributed by atoms with Crippen LogP contribution in [-0.4, -0.2) is 40.9 Å². The minimum absolute atomic E-state index is 0.236. The number of fused-ring (bicyclic) bond motifs is 1. The zero-order valence-electron chi connectivity index (χ0n) is 14.2. The van der Waals surface area contributed by atoms with E-state index in [0.717, 1.165) is 5.56 Å². The van der Waals surface area contributed by atoms with E-state index in [4.69, 9.17) is 11.6 Å². The Balaban J connectivity index is 2.00. The maximum atomic E-state index is 13.8. The van der Waals surface area contributed by atoms with Crippen molar-refractivity contribution in [3.8, 4) is 0 Å². The summed E-state index contributed by atoms with van der Waals surface area (Å²) in [6.45, 7) is 1.70. The monoisotopic (exact) mass is 372 g/mol. The van der Waals surface area contributed by atoms with Crippen molar-refractivity contribution >= 4 is 34.5 Å². The zero-order valence-corrected chi connectivity index (χ0v) is 14.9. The van der Waals surface area contributed by atoms with E-state index in [9.17, 15) is 9.50 Å². The van der Waals surface area contributed by atoms with E-state index in [0.29, 0.717) is 28.5 Å². The molecule has 3 rings (SSSR count). The molecule has 0 aliphatic carbocycles. The van der Waals surface area contributed by atoms with Crippen LogP contribution in [0.5, 0.6) is 0 Å². The van der Waals surface area contributed by atoms with Gasteiger partial charge in [-0.05, 0) is 25.1 Å². The Morgan fingerprint density at radius 3 is 2.77 bits per heavy atom. The van der Waals surface area contributed by atoms with Crippen molar-refractivity contribution < 1.29 is 9.50 Å². The van der Waals surface area contributed by atoms with Crippen LogP contribution in [0.15, 0.2) is 63.6 Å². The quantitative estimate of drug-likeness (QED) is 0.491. The van der Waals surface area contributed by atoms with Crippen molar-refractivity contribution in [3.63, 3.8) is 0 Å². The largest absolute Gasteiger partial charge is 0.390 e. The fourth-order valence-corrected chi connectivity index (χ4v) is 2.62. The SMILES string of the molecule is CC(Cl)/C(CO)=N/NC1=Nc2ccc(F)cc2C(c2ccccc2)=NC1. The average Bonchev–Trinajstić information content (AvgIpc) is 2.82. The number of aliphatic hydroxyl groups excluding tert-OH is 1. The predicted molar refractivity (Wildman–Crippen MR) is 103 cm³/mol. The van der Waals surface area contributed by atoms with Crippen molar-refractivity contribution in [1.82, 2.24) is 5.43 Å². The standard InChI is InChI=1S/C19H18ClFN4O/c1-12(20)17(11-26)24-25-18-10-22-19(13-5-3-2-4-6-13)15-9-14(21)7-8-16(15)23-18/h2-9,12,26H,10-11H2,1H3,(H,23,25)/b24-17+. The molecule has 0 spiro atoms. The summed E-state index contributed by atoms with van der Waals surface area (Å²) in [6, 6.07) is 14.0. The first-order valence-electron chi connectivity index (χ1n) is 8.13. The summed E-state index contributed by atoms with van der Waals surface area (Å²) in [5.41, 5.74) is 5.96. The number of aliphatic imine (C=N–C) groups is 2. The van der Waals surface area contributed by atoms with Crippen LogP contribution in [0, 0.1) is 5.82 Å². The third-order valence-electron chi connectivity index (χ3n) is 3.85. The number of hydrogen-bond acceptors (Lipinski definition) is 5. The molecule has 1 atom stereocenters. The Morgan fingerprint density at radius 1 is 1.31 bits per heavy atom. The molecule has 134 valence electrons. The van der Waals surface area contributed by atoms with Gasteiger partial charge in [-0.25, -0.2) is 9.38 Å². The lowest BCUT2D eigenvalue weighted by molar-refractivity contribution is 0.355. The second-order valence-corrected chi connectivity index (χ2v) is 6.39. The smallest absolute Gasteiger partial charge is 0.144 e. The molecule has 0 aromatic heterocycles. The fraction of sp³-hybridized carbons (Fsp3) is 0.211. The van der Waals surface area contributed by atoms with E-state index in [1.54, 1.807) is 13.0 Å². The van der Waals surface area contributed by atoms with Gasteiger partial charge in [-0.15, -0.1) is 11.6 Å². The molecule has 1 aliphatic rings. The van der Waals surface area contributed by atoms with E-state index >= 15 is 0 Å². The van der Waals surface area contributed by atoms with Gasteiger partial charge in [0.2, 0.25) is 0 Å². The highest BCUT2D eigenvalue weighted by atomic mass is 35.5. The molecule has 0 bridgehead atoms. The molecule has 2 N–H and O–H groups in total. The molecule has 0 saturated heterocycles. The Hall–Kier alpha value is -2.57. The summed E-state index contributed by atoms with van der Waals surface area (Å²) in [7, 11) is 0. The molecular formula is C19H18ClFN4O. The molecule has 1 heterocycles. The molecular weight excluding hydrogens is 355 g/mol. The number of nitrogens with zero attached hydrogens (tertiary/aromatic N) is 3. The molecule has 0 radical (unpaired) electrons. The number of hydrogen-bond donors (Lipinski definition) is 2. The van der Waals surface area contributed by atoms with E-state index in [1.807, 2.05) is 30.3 Å². The van der Waals surface area contributed by atoms with Crippen molar-refractivity contribution in [1.29, 1.82) is 0 Å². The molecule has 1 unspecified atom stereocenters. The highest BCUT2D eigenvalue weighted by Gasteiger charge is 2.17. The van der Waals surface area contributed by atoms with E-state index < -0.39 is 5.38 Å². The topological polar surface area (TPSA) is 69.3 Å². The van der Waals surface area contributed by atoms with Crippen LogP contribution in [0.4, 0.5) is 10.1 Å². The van der Waals surface area contributed by atoms with E-state index in [2.05, 4.69) is 20.5 Å². The first kappa shape index (κ1) is 18.2. The summed E-state index contributed by atoms with van der Waals surface area (Å²) in [5.74, 6) is 0.127. The zero-order chi connectivity index (χ0) is 18.5. The average molecular weight is 373 g/mol. The lowest BCUT2D eigenvalue weighted by Gasteiger charge is -2.08. The Bertz CT molecular complexity index is 878. The van der Waals surface area contributed by atoms with Gasteiger partial charge in [0.05, 0.1) is 35.6 Å². The van der Waals surface area contributed by atoms with Crippen LogP contribution in [0.25, 0.3) is 0 Å². The van der Waals surface area contributed by atoms with Crippen LogP contribution in [0.3, 0.4) is 0 Å². The summed E-state index contributed by atoms with van der Waals surface area (Å²) >= 11 is 5.96. The van der Waals surface area contributed by atoms with Crippen molar-refractivity contribution in [2.75, 3.05) is 13.2 Å². The number of nitrogens with one attached hydrogen (secondary N) is 1. The van der Waals surface area contributed by atoms with Crippen LogP contribution < -0.4 is 5.43 Å². The number of rotatable bonds is 4. The number of benzene rings is 2. The fourth-order valence-electron chi connectivity index (χ4n) is 2.50. The van der Waals surface area contributed by atoms with Crippen LogP contribution >= 0.6 is 11.6 Å². The molecule has 0 saturated carbocycles. The molecule has 5 nitrogen and oxygen atoms in total. The second-order valence-electron chi connectivity index (χ2n) is 5.74. The van der Waals surface area contributed by atoms with Gasteiger partial charge in [0.15, 0.2) is 0 Å². The van der Waals surface area contributed by atoms with E-state index in [1.165, 1.54) is 12.1 Å². The van der Waals surface area contributed by atoms with E-state index in [-0.39, 0.29) is 19.0 Å². The van der Waals surface area contributed by atoms with Gasteiger partial charge >= 0.3 is 0 Å². The van der Waals surface area contributed by atoms with Gasteiger partial charge in [0, 0.05) is 11.1 Å². The first-order valence-corrected chi connectivity index (χ1v) is 8.57. The molecule has 2 aromatic rings. The number of halogens is 2. The Morgan fingerprint density at radius 2 is 2.08 bits per heavy atom. The predicted octanol–water partition coefficient (Wildman–Crippen LogP) is 3.27. The van der Waals surface area contributed by atoms with Crippen LogP contribution in [0.1, 0.15) is 18.1 Å². The molecule has 0 amide bonds. The van der Waals surface area contributed by atoms with Crippen molar-refractivity contribution in [2.24, 2.45) is 15.1 Å². The number of alkyl halides is 1. The third-order valence-corrected chi connectivity index (χ3v) is 4.10. The highest BCUT2D eigenvalue weighted by Crippen LogP contribution is 2.26. The van der Waals surface area contributed by atoms with Crippen LogP contribution in [-0.2, 0) is 0 Å². The summed E-state index contributed by atoms with van der Waals surface area (Å²) < 4.78 is 13.8. The molecule has 26 heavy (non-hydrogen) atoms. The minimum Gasteiger partial charge on any atom is -0.390 e. The van der Waals surface area contributed by atoms with Crippen molar-refractivity contribution in [3.05, 3.63) is 65.5 Å². The van der Waals surface area contributed by atoms with Gasteiger partial charge in [-0.2, -0.15) is 5.10 Å². The molecule has 0 fully saturated rings. The number of aliphatic hydroxyl groups is 1. The van der Waals surface area contributed by atoms with Gasteiger partial charge < -0.3 is 5.11 Å². The lowest BCUT2D eigenvalue weighted by Crippen LogP contribution is -2.26. The summed E-state index contributed by atoms with van der Waals surface area (Å²) in [6.07, 6.45) is 0. The van der Waals surface area contributed by atoms with Gasteiger partial charge in [-0.3, -0.25) is 10.4 Å². The number of hydrazone groups is 1. The van der Waals surface area contributed by atoms with Gasteiger partial charge in [0.25, 0.3) is 0 Å². The lowest BCUT2D eigenvalue weighted by atomic mass is 10.0. The van der Waals surface area contributed by atoms with Gasteiger partial charge in [0.1, 0.15) is 11.7 Å². The summed E-state index contributed by atoms with van der Waals surface area (Å²) in [5, 5.41) is 13.0. The number of amidine groups is 1. The summed E-state index contributed by atoms with van der Waals surface area (Å²) in [4.78, 5) is 9.11. The van der Waals surface area contributed by atoms with Crippen LogP contribution in [0.2, 0.25) is 0 Å². The maximum Gasteiger partial charge on any atom is 0.144 e. The first-order chi connectivity index (χ1) is 12.6. The molecule has 2 aromatic carbocycles. The maximum absolute atomic E-state index is 13.8. The molecule has 7 heteroatoms. The van der Waals surface area contributed by atoms with Gasteiger partial charge in [-0.1, -0.05) is 30.3 Å².